The Morgan fingerprint density at radius 1 is 1.00 bits per heavy atom. The van der Waals surface area contributed by atoms with Gasteiger partial charge in [0.2, 0.25) is 15.9 Å². The molecule has 1 aliphatic heterocycles. The number of sulfonamides is 1. The van der Waals surface area contributed by atoms with Gasteiger partial charge in [-0.3, -0.25) is 9.69 Å². The third-order valence-electron chi connectivity index (χ3n) is 5.41. The Morgan fingerprint density at radius 2 is 1.63 bits per heavy atom. The number of carbonyl (C=O) groups is 1. The summed E-state index contributed by atoms with van der Waals surface area (Å²) in [5.74, 6) is -0.369. The highest BCUT2D eigenvalue weighted by Gasteiger charge is 2.30. The third-order valence-corrected chi connectivity index (χ3v) is 7.26. The molecule has 1 N–H and O–H groups in total. The molecular formula is C22H28FN3O3S. The maximum atomic E-state index is 12.9. The van der Waals surface area contributed by atoms with E-state index in [1.54, 1.807) is 12.1 Å². The van der Waals surface area contributed by atoms with Crippen LogP contribution in [0.4, 0.5) is 4.39 Å². The lowest BCUT2D eigenvalue weighted by Crippen LogP contribution is -2.55. The molecule has 1 heterocycles. The van der Waals surface area contributed by atoms with Gasteiger partial charge in [-0.05, 0) is 36.6 Å². The molecule has 0 spiro atoms. The number of hydrogen-bond donors (Lipinski definition) is 1. The van der Waals surface area contributed by atoms with Crippen LogP contribution in [0.5, 0.6) is 0 Å². The van der Waals surface area contributed by atoms with Crippen LogP contribution >= 0.6 is 0 Å². The molecular weight excluding hydrogens is 405 g/mol. The van der Waals surface area contributed by atoms with E-state index < -0.39 is 10.0 Å². The van der Waals surface area contributed by atoms with E-state index in [2.05, 4.69) is 5.32 Å². The fourth-order valence-electron chi connectivity index (χ4n) is 3.54. The van der Waals surface area contributed by atoms with Gasteiger partial charge in [-0.2, -0.15) is 4.31 Å². The number of piperazine rings is 1. The van der Waals surface area contributed by atoms with Crippen LogP contribution in [0.2, 0.25) is 0 Å². The van der Waals surface area contributed by atoms with Crippen molar-refractivity contribution in [3.05, 3.63) is 71.5 Å². The second-order valence-electron chi connectivity index (χ2n) is 7.52. The first kappa shape index (κ1) is 22.4. The van der Waals surface area contributed by atoms with Crippen molar-refractivity contribution in [2.24, 2.45) is 0 Å². The van der Waals surface area contributed by atoms with E-state index in [0.29, 0.717) is 39.1 Å². The molecule has 2 aromatic rings. The van der Waals surface area contributed by atoms with E-state index in [4.69, 9.17) is 0 Å². The van der Waals surface area contributed by atoms with Gasteiger partial charge in [-0.15, -0.1) is 0 Å². The van der Waals surface area contributed by atoms with Gasteiger partial charge in [-0.25, -0.2) is 12.8 Å². The van der Waals surface area contributed by atoms with Crippen LogP contribution in [-0.4, -0.2) is 62.3 Å². The number of rotatable bonds is 8. The summed E-state index contributed by atoms with van der Waals surface area (Å²) in [5, 5.41) is 2.91. The zero-order valence-electron chi connectivity index (χ0n) is 17.1. The maximum Gasteiger partial charge on any atom is 0.237 e. The Balaban J connectivity index is 1.44. The van der Waals surface area contributed by atoms with E-state index in [0.717, 1.165) is 11.1 Å². The Morgan fingerprint density at radius 3 is 2.27 bits per heavy atom. The van der Waals surface area contributed by atoms with Crippen molar-refractivity contribution in [2.45, 2.75) is 25.1 Å². The van der Waals surface area contributed by atoms with E-state index in [9.17, 15) is 17.6 Å². The van der Waals surface area contributed by atoms with Crippen molar-refractivity contribution in [3.8, 4) is 0 Å². The lowest BCUT2D eigenvalue weighted by molar-refractivity contribution is -0.126. The zero-order chi connectivity index (χ0) is 21.6. The molecule has 162 valence electrons. The zero-order valence-corrected chi connectivity index (χ0v) is 17.9. The molecule has 6 nitrogen and oxygen atoms in total. The van der Waals surface area contributed by atoms with Gasteiger partial charge >= 0.3 is 0 Å². The molecule has 1 unspecified atom stereocenters. The fraction of sp³-hybridized carbons (Fsp3) is 0.409. The topological polar surface area (TPSA) is 69.7 Å². The monoisotopic (exact) mass is 433 g/mol. The van der Waals surface area contributed by atoms with Gasteiger partial charge < -0.3 is 5.32 Å². The van der Waals surface area contributed by atoms with Gasteiger partial charge in [0.25, 0.3) is 0 Å². The summed E-state index contributed by atoms with van der Waals surface area (Å²) < 4.78 is 39.8. The Bertz CT molecular complexity index is 928. The number of carbonyl (C=O) groups excluding carboxylic acids is 1. The van der Waals surface area contributed by atoms with E-state index >= 15 is 0 Å². The second-order valence-corrected chi connectivity index (χ2v) is 9.49. The number of nitrogens with zero attached hydrogens (tertiary/aromatic N) is 2. The van der Waals surface area contributed by atoms with E-state index in [-0.39, 0.29) is 23.5 Å². The summed E-state index contributed by atoms with van der Waals surface area (Å²) in [5.41, 5.74) is 1.73. The van der Waals surface area contributed by atoms with Crippen molar-refractivity contribution in [2.75, 3.05) is 32.7 Å². The van der Waals surface area contributed by atoms with Crippen LogP contribution in [0.25, 0.3) is 0 Å². The van der Waals surface area contributed by atoms with E-state index in [1.807, 2.05) is 42.2 Å². The first-order chi connectivity index (χ1) is 14.3. The molecule has 0 radical (unpaired) electrons. The summed E-state index contributed by atoms with van der Waals surface area (Å²) in [4.78, 5) is 14.5. The molecule has 0 aromatic heterocycles. The smallest absolute Gasteiger partial charge is 0.237 e. The molecule has 0 bridgehead atoms. The van der Waals surface area contributed by atoms with Crippen molar-refractivity contribution >= 4 is 15.9 Å². The van der Waals surface area contributed by atoms with Gasteiger partial charge in [0.15, 0.2) is 0 Å². The highest BCUT2D eigenvalue weighted by atomic mass is 32.2. The molecule has 2 aromatic carbocycles. The van der Waals surface area contributed by atoms with Crippen LogP contribution in [0.15, 0.2) is 54.6 Å². The molecule has 1 saturated heterocycles. The third kappa shape index (κ3) is 6.10. The van der Waals surface area contributed by atoms with Gasteiger partial charge in [0, 0.05) is 32.7 Å². The van der Waals surface area contributed by atoms with Crippen molar-refractivity contribution < 1.29 is 17.6 Å². The Hall–Kier alpha value is -2.29. The number of amides is 1. The SMILES string of the molecule is CC(C(=O)NCCc1ccc(F)cc1)N1CCN(S(=O)(=O)Cc2ccccc2)CC1. The highest BCUT2D eigenvalue weighted by molar-refractivity contribution is 7.88. The maximum absolute atomic E-state index is 12.9. The predicted octanol–water partition coefficient (Wildman–Crippen LogP) is 2.02. The fourth-order valence-corrected chi connectivity index (χ4v) is 5.06. The number of nitrogens with one attached hydrogen (secondary N) is 1. The molecule has 0 saturated carbocycles. The van der Waals surface area contributed by atoms with Crippen LogP contribution in [0.3, 0.4) is 0 Å². The van der Waals surface area contributed by atoms with Crippen molar-refractivity contribution in [1.29, 1.82) is 0 Å². The van der Waals surface area contributed by atoms with Crippen LogP contribution in [0.1, 0.15) is 18.1 Å². The van der Waals surface area contributed by atoms with Crippen LogP contribution in [0, 0.1) is 5.82 Å². The minimum atomic E-state index is -3.37. The minimum Gasteiger partial charge on any atom is -0.354 e. The molecule has 3 rings (SSSR count). The molecule has 0 aliphatic carbocycles. The summed E-state index contributed by atoms with van der Waals surface area (Å²) in [6, 6.07) is 15.0. The highest BCUT2D eigenvalue weighted by Crippen LogP contribution is 2.15. The summed E-state index contributed by atoms with van der Waals surface area (Å²) in [6.07, 6.45) is 0.629. The molecule has 1 aliphatic rings. The minimum absolute atomic E-state index is 0.00668. The Labute approximate surface area is 177 Å². The van der Waals surface area contributed by atoms with Gasteiger partial charge in [-0.1, -0.05) is 42.5 Å². The number of hydrogen-bond acceptors (Lipinski definition) is 4. The van der Waals surface area contributed by atoms with Crippen LogP contribution in [-0.2, 0) is 27.0 Å². The molecule has 1 atom stereocenters. The lowest BCUT2D eigenvalue weighted by Gasteiger charge is -2.36. The average molecular weight is 434 g/mol. The second kappa shape index (κ2) is 10.1. The lowest BCUT2D eigenvalue weighted by atomic mass is 10.1. The molecule has 30 heavy (non-hydrogen) atoms. The molecule has 8 heteroatoms. The first-order valence-corrected chi connectivity index (χ1v) is 11.7. The van der Waals surface area contributed by atoms with Gasteiger partial charge in [0.1, 0.15) is 5.82 Å². The standard InChI is InChI=1S/C22H28FN3O3S/c1-18(22(27)24-12-11-19-7-9-21(23)10-8-19)25-13-15-26(16-14-25)30(28,29)17-20-5-3-2-4-6-20/h2-10,18H,11-17H2,1H3,(H,24,27). The summed E-state index contributed by atoms with van der Waals surface area (Å²) >= 11 is 0. The Kier molecular flexibility index (Phi) is 7.58. The predicted molar refractivity (Wildman–Crippen MR) is 115 cm³/mol. The number of benzene rings is 2. The number of halogens is 1. The van der Waals surface area contributed by atoms with E-state index in [1.165, 1.54) is 16.4 Å². The molecule has 1 fully saturated rings. The largest absolute Gasteiger partial charge is 0.354 e. The van der Waals surface area contributed by atoms with Gasteiger partial charge in [0.05, 0.1) is 11.8 Å². The summed E-state index contributed by atoms with van der Waals surface area (Å²) in [6.45, 7) is 4.09. The normalized spacial score (nSPS) is 16.9. The average Bonchev–Trinajstić information content (AvgIpc) is 2.75. The first-order valence-electron chi connectivity index (χ1n) is 10.1. The van der Waals surface area contributed by atoms with Crippen molar-refractivity contribution in [3.63, 3.8) is 0 Å². The van der Waals surface area contributed by atoms with Crippen molar-refractivity contribution in [1.82, 2.24) is 14.5 Å². The summed E-state index contributed by atoms with van der Waals surface area (Å²) in [7, 11) is -3.37. The quantitative estimate of drug-likeness (QED) is 0.692. The van der Waals surface area contributed by atoms with Crippen LogP contribution < -0.4 is 5.32 Å². The molecule has 1 amide bonds.